The van der Waals surface area contributed by atoms with Crippen molar-refractivity contribution in [3.8, 4) is 0 Å². The Balaban J connectivity index is 2.55. The number of aryl methyl sites for hydroxylation is 1. The van der Waals surface area contributed by atoms with E-state index in [0.29, 0.717) is 13.1 Å². The Morgan fingerprint density at radius 3 is 2.43 bits per heavy atom. The second kappa shape index (κ2) is 8.42. The number of amides is 1. The Morgan fingerprint density at radius 1 is 1.29 bits per heavy atom. The second-order valence-electron chi connectivity index (χ2n) is 5.39. The highest BCUT2D eigenvalue weighted by atomic mass is 16.4. The molecular weight excluding hydrogens is 268 g/mol. The van der Waals surface area contributed by atoms with Gasteiger partial charge in [0.1, 0.15) is 0 Å². The molecule has 0 fully saturated rings. The third-order valence-corrected chi connectivity index (χ3v) is 3.20. The van der Waals surface area contributed by atoms with Crippen molar-refractivity contribution < 1.29 is 14.7 Å². The lowest BCUT2D eigenvalue weighted by molar-refractivity contribution is -0.142. The maximum Gasteiger partial charge on any atom is 0.307 e. The molecular formula is C16H24N2O3. The monoisotopic (exact) mass is 292 g/mol. The quantitative estimate of drug-likeness (QED) is 0.771. The molecule has 1 amide bonds. The van der Waals surface area contributed by atoms with Gasteiger partial charge >= 0.3 is 5.97 Å². The van der Waals surface area contributed by atoms with E-state index in [4.69, 9.17) is 5.11 Å². The summed E-state index contributed by atoms with van der Waals surface area (Å²) in [7, 11) is 0. The Bertz CT molecular complexity index is 471. The predicted octanol–water partition coefficient (Wildman–Crippen LogP) is 2.37. The largest absolute Gasteiger partial charge is 0.481 e. The van der Waals surface area contributed by atoms with Gasteiger partial charge in [0.2, 0.25) is 5.91 Å². The zero-order chi connectivity index (χ0) is 15.8. The van der Waals surface area contributed by atoms with E-state index in [1.165, 1.54) is 0 Å². The SMILES string of the molecule is CCCN(CC(=O)Nc1ccc(C)cc1)CC(C)C(=O)O. The highest BCUT2D eigenvalue weighted by Gasteiger charge is 2.17. The fraction of sp³-hybridized carbons (Fsp3) is 0.500. The van der Waals surface area contributed by atoms with E-state index in [0.717, 1.165) is 17.7 Å². The van der Waals surface area contributed by atoms with Crippen LogP contribution in [0, 0.1) is 12.8 Å². The summed E-state index contributed by atoms with van der Waals surface area (Å²) in [5.41, 5.74) is 1.89. The van der Waals surface area contributed by atoms with Gasteiger partial charge in [-0.3, -0.25) is 14.5 Å². The minimum Gasteiger partial charge on any atom is -0.481 e. The van der Waals surface area contributed by atoms with Crippen LogP contribution in [0.2, 0.25) is 0 Å². The van der Waals surface area contributed by atoms with Gasteiger partial charge in [-0.2, -0.15) is 0 Å². The van der Waals surface area contributed by atoms with Crippen molar-refractivity contribution in [1.29, 1.82) is 0 Å². The number of hydrogen-bond donors (Lipinski definition) is 2. The van der Waals surface area contributed by atoms with E-state index in [9.17, 15) is 9.59 Å². The Hall–Kier alpha value is -1.88. The van der Waals surface area contributed by atoms with Gasteiger partial charge in [0.05, 0.1) is 12.5 Å². The van der Waals surface area contributed by atoms with Crippen molar-refractivity contribution >= 4 is 17.6 Å². The van der Waals surface area contributed by atoms with Gasteiger partial charge in [-0.1, -0.05) is 31.5 Å². The van der Waals surface area contributed by atoms with Crippen LogP contribution in [0.5, 0.6) is 0 Å². The Morgan fingerprint density at radius 2 is 1.90 bits per heavy atom. The number of rotatable bonds is 8. The van der Waals surface area contributed by atoms with E-state index in [1.807, 2.05) is 43.0 Å². The van der Waals surface area contributed by atoms with Crippen LogP contribution in [0.1, 0.15) is 25.8 Å². The number of carbonyl (C=O) groups is 2. The fourth-order valence-electron chi connectivity index (χ4n) is 2.06. The molecule has 2 N–H and O–H groups in total. The first kappa shape index (κ1) is 17.2. The van der Waals surface area contributed by atoms with Crippen molar-refractivity contribution in [2.24, 2.45) is 5.92 Å². The number of carbonyl (C=O) groups excluding carboxylic acids is 1. The molecule has 21 heavy (non-hydrogen) atoms. The molecule has 0 aliphatic heterocycles. The number of carboxylic acids is 1. The summed E-state index contributed by atoms with van der Waals surface area (Å²) in [4.78, 5) is 24.8. The maximum atomic E-state index is 12.0. The average molecular weight is 292 g/mol. The first-order chi connectivity index (χ1) is 9.92. The first-order valence-corrected chi connectivity index (χ1v) is 7.24. The van der Waals surface area contributed by atoms with Crippen LogP contribution in [0.15, 0.2) is 24.3 Å². The lowest BCUT2D eigenvalue weighted by Crippen LogP contribution is -2.38. The van der Waals surface area contributed by atoms with Crippen molar-refractivity contribution in [3.63, 3.8) is 0 Å². The van der Waals surface area contributed by atoms with Crippen LogP contribution in [-0.2, 0) is 9.59 Å². The van der Waals surface area contributed by atoms with E-state index in [2.05, 4.69) is 5.32 Å². The van der Waals surface area contributed by atoms with Crippen molar-refractivity contribution in [2.75, 3.05) is 25.0 Å². The van der Waals surface area contributed by atoms with Gasteiger partial charge in [-0.05, 0) is 32.0 Å². The minimum absolute atomic E-state index is 0.120. The summed E-state index contributed by atoms with van der Waals surface area (Å²) in [6.45, 7) is 6.95. The van der Waals surface area contributed by atoms with Crippen LogP contribution in [0.3, 0.4) is 0 Å². The number of hydrogen-bond acceptors (Lipinski definition) is 3. The van der Waals surface area contributed by atoms with Gasteiger partial charge in [0.15, 0.2) is 0 Å². The lowest BCUT2D eigenvalue weighted by Gasteiger charge is -2.23. The van der Waals surface area contributed by atoms with Gasteiger partial charge < -0.3 is 10.4 Å². The first-order valence-electron chi connectivity index (χ1n) is 7.24. The third-order valence-electron chi connectivity index (χ3n) is 3.20. The van der Waals surface area contributed by atoms with E-state index in [1.54, 1.807) is 6.92 Å². The molecule has 1 unspecified atom stereocenters. The minimum atomic E-state index is -0.838. The van der Waals surface area contributed by atoms with E-state index in [-0.39, 0.29) is 12.5 Å². The molecule has 5 nitrogen and oxygen atoms in total. The van der Waals surface area contributed by atoms with Gasteiger partial charge in [0, 0.05) is 12.2 Å². The molecule has 0 aromatic heterocycles. The molecule has 0 saturated carbocycles. The average Bonchev–Trinajstić information content (AvgIpc) is 2.41. The summed E-state index contributed by atoms with van der Waals surface area (Å²) in [6.07, 6.45) is 0.879. The normalized spacial score (nSPS) is 12.2. The molecule has 1 aromatic rings. The topological polar surface area (TPSA) is 69.6 Å². The smallest absolute Gasteiger partial charge is 0.307 e. The number of nitrogens with one attached hydrogen (secondary N) is 1. The Kier molecular flexibility index (Phi) is 6.88. The highest BCUT2D eigenvalue weighted by Crippen LogP contribution is 2.09. The Labute approximate surface area is 126 Å². The van der Waals surface area contributed by atoms with Crippen LogP contribution in [-0.4, -0.2) is 41.5 Å². The molecule has 0 spiro atoms. The van der Waals surface area contributed by atoms with Crippen LogP contribution in [0.25, 0.3) is 0 Å². The fourth-order valence-corrected chi connectivity index (χ4v) is 2.06. The molecule has 0 bridgehead atoms. The second-order valence-corrected chi connectivity index (χ2v) is 5.39. The summed E-state index contributed by atoms with van der Waals surface area (Å²) in [5, 5.41) is 11.8. The van der Waals surface area contributed by atoms with Crippen LogP contribution in [0.4, 0.5) is 5.69 Å². The highest BCUT2D eigenvalue weighted by molar-refractivity contribution is 5.92. The molecule has 1 atom stereocenters. The summed E-state index contributed by atoms with van der Waals surface area (Å²) in [6, 6.07) is 7.59. The standard InChI is InChI=1S/C16H24N2O3/c1-4-9-18(10-13(3)16(20)21)11-15(19)17-14-7-5-12(2)6-8-14/h5-8,13H,4,9-11H2,1-3H3,(H,17,19)(H,20,21). The number of carboxylic acid groups (broad SMARTS) is 1. The van der Waals surface area contributed by atoms with Gasteiger partial charge in [-0.15, -0.1) is 0 Å². The van der Waals surface area contributed by atoms with Crippen molar-refractivity contribution in [2.45, 2.75) is 27.2 Å². The molecule has 0 saturated heterocycles. The molecule has 0 heterocycles. The van der Waals surface area contributed by atoms with E-state index >= 15 is 0 Å². The summed E-state index contributed by atoms with van der Waals surface area (Å²) in [5.74, 6) is -1.44. The maximum absolute atomic E-state index is 12.0. The molecule has 0 radical (unpaired) electrons. The van der Waals surface area contributed by atoms with Crippen molar-refractivity contribution in [3.05, 3.63) is 29.8 Å². The molecule has 1 aromatic carbocycles. The zero-order valence-electron chi connectivity index (χ0n) is 12.9. The molecule has 0 aliphatic carbocycles. The van der Waals surface area contributed by atoms with Crippen LogP contribution < -0.4 is 5.32 Å². The van der Waals surface area contributed by atoms with Gasteiger partial charge in [-0.25, -0.2) is 0 Å². The number of nitrogens with zero attached hydrogens (tertiary/aromatic N) is 1. The number of anilines is 1. The number of aliphatic carboxylic acids is 1. The summed E-state index contributed by atoms with van der Waals surface area (Å²) >= 11 is 0. The molecule has 0 aliphatic rings. The molecule has 116 valence electrons. The lowest BCUT2D eigenvalue weighted by atomic mass is 10.1. The predicted molar refractivity (Wildman–Crippen MR) is 83.3 cm³/mol. The molecule has 5 heteroatoms. The van der Waals surface area contributed by atoms with E-state index < -0.39 is 11.9 Å². The summed E-state index contributed by atoms with van der Waals surface area (Å²) < 4.78 is 0. The zero-order valence-corrected chi connectivity index (χ0v) is 12.9. The van der Waals surface area contributed by atoms with Crippen molar-refractivity contribution in [1.82, 2.24) is 4.90 Å². The van der Waals surface area contributed by atoms with Crippen LogP contribution >= 0.6 is 0 Å². The molecule has 1 rings (SSSR count). The van der Waals surface area contributed by atoms with Gasteiger partial charge in [0.25, 0.3) is 0 Å². The number of benzene rings is 1. The third kappa shape index (κ3) is 6.40.